The molecule has 0 atom stereocenters. The molecule has 0 aliphatic carbocycles. The summed E-state index contributed by atoms with van der Waals surface area (Å²) in [4.78, 5) is 12.3. The molecule has 1 saturated heterocycles. The van der Waals surface area contributed by atoms with Gasteiger partial charge in [-0.25, -0.2) is 21.6 Å². The minimum Gasteiger partial charge on any atom is -0.390 e. The van der Waals surface area contributed by atoms with Gasteiger partial charge in [0, 0.05) is 36.5 Å². The smallest absolute Gasteiger partial charge is 0.255 e. The normalized spacial score (nSPS) is 17.0. The highest BCUT2D eigenvalue weighted by Crippen LogP contribution is 2.29. The van der Waals surface area contributed by atoms with E-state index in [1.54, 1.807) is 0 Å². The van der Waals surface area contributed by atoms with Gasteiger partial charge in [0.2, 0.25) is 10.0 Å². The van der Waals surface area contributed by atoms with Crippen LogP contribution in [-0.4, -0.2) is 42.4 Å². The van der Waals surface area contributed by atoms with Crippen molar-refractivity contribution in [1.29, 1.82) is 0 Å². The van der Waals surface area contributed by atoms with Gasteiger partial charge < -0.3 is 10.4 Å². The summed E-state index contributed by atoms with van der Waals surface area (Å²) in [6.45, 7) is 2.14. The fourth-order valence-electron chi connectivity index (χ4n) is 3.27. The number of aliphatic hydroxyl groups is 1. The molecule has 30 heavy (non-hydrogen) atoms. The van der Waals surface area contributed by atoms with E-state index in [1.165, 1.54) is 22.5 Å². The predicted molar refractivity (Wildman–Crippen MR) is 104 cm³/mol. The molecule has 2 aromatic carbocycles. The van der Waals surface area contributed by atoms with Gasteiger partial charge in [-0.05, 0) is 37.5 Å². The quantitative estimate of drug-likeness (QED) is 0.696. The first-order valence-corrected chi connectivity index (χ1v) is 10.8. The van der Waals surface area contributed by atoms with E-state index in [4.69, 9.17) is 0 Å². The van der Waals surface area contributed by atoms with Crippen LogP contribution < -0.4 is 5.32 Å². The molecule has 1 heterocycles. The average molecular weight is 442 g/mol. The van der Waals surface area contributed by atoms with Crippen molar-refractivity contribution in [3.63, 3.8) is 0 Å². The summed E-state index contributed by atoms with van der Waals surface area (Å²) >= 11 is 0. The van der Waals surface area contributed by atoms with E-state index in [0.717, 1.165) is 6.07 Å². The Morgan fingerprint density at radius 2 is 1.73 bits per heavy atom. The van der Waals surface area contributed by atoms with Crippen molar-refractivity contribution < 1.29 is 31.5 Å². The van der Waals surface area contributed by atoms with Crippen molar-refractivity contribution in [3.05, 3.63) is 59.4 Å². The summed E-state index contributed by atoms with van der Waals surface area (Å²) in [5, 5.41) is 12.5. The molecule has 1 amide bonds. The molecule has 0 spiro atoms. The molecule has 2 N–H and O–H groups in total. The molecule has 0 aromatic heterocycles. The maximum absolute atomic E-state index is 13.3. The molecule has 0 unspecified atom stereocenters. The zero-order chi connectivity index (χ0) is 22.1. The molecule has 0 saturated carbocycles. The van der Waals surface area contributed by atoms with E-state index < -0.39 is 39.0 Å². The van der Waals surface area contributed by atoms with Gasteiger partial charge >= 0.3 is 0 Å². The number of carbonyl (C=O) groups excluding carboxylic acids is 1. The van der Waals surface area contributed by atoms with E-state index in [9.17, 15) is 31.5 Å². The SMILES string of the molecule is CCC1(O)CCN(S(=O)(=O)c2cccc(C(=O)Nc3cc(F)c(F)c(F)c3)c2)CC1. The predicted octanol–water partition coefficient (Wildman–Crippen LogP) is 3.28. The maximum atomic E-state index is 13.3. The number of hydrogen-bond donors (Lipinski definition) is 2. The van der Waals surface area contributed by atoms with Gasteiger partial charge in [-0.2, -0.15) is 4.31 Å². The second-order valence-electron chi connectivity index (χ2n) is 7.22. The fourth-order valence-corrected chi connectivity index (χ4v) is 4.76. The molecular weight excluding hydrogens is 421 g/mol. The number of anilines is 1. The molecule has 0 bridgehead atoms. The first kappa shape index (κ1) is 22.3. The van der Waals surface area contributed by atoms with Crippen molar-refractivity contribution in [2.24, 2.45) is 0 Å². The summed E-state index contributed by atoms with van der Waals surface area (Å²) < 4.78 is 66.8. The largest absolute Gasteiger partial charge is 0.390 e. The van der Waals surface area contributed by atoms with Gasteiger partial charge in [-0.1, -0.05) is 13.0 Å². The first-order valence-electron chi connectivity index (χ1n) is 9.34. The lowest BCUT2D eigenvalue weighted by Crippen LogP contribution is -2.46. The first-order chi connectivity index (χ1) is 14.1. The Morgan fingerprint density at radius 1 is 1.13 bits per heavy atom. The number of sulfonamides is 1. The third-order valence-corrected chi connectivity index (χ3v) is 7.18. The van der Waals surface area contributed by atoms with Crippen molar-refractivity contribution in [1.82, 2.24) is 4.31 Å². The number of hydrogen-bond acceptors (Lipinski definition) is 4. The molecule has 162 valence electrons. The van der Waals surface area contributed by atoms with E-state index in [-0.39, 0.29) is 29.2 Å². The molecule has 2 aromatic rings. The van der Waals surface area contributed by atoms with Crippen LogP contribution in [0, 0.1) is 17.5 Å². The second-order valence-corrected chi connectivity index (χ2v) is 9.16. The van der Waals surface area contributed by atoms with E-state index in [1.807, 2.05) is 6.92 Å². The standard InChI is InChI=1S/C20H21F3N2O4S/c1-2-20(27)6-8-25(9-7-20)30(28,29)15-5-3-4-13(10-15)19(26)24-14-11-16(21)18(23)17(22)12-14/h3-5,10-12,27H,2,6-9H2,1H3,(H,24,26). The Kier molecular flexibility index (Phi) is 6.21. The lowest BCUT2D eigenvalue weighted by molar-refractivity contribution is -0.00802. The van der Waals surface area contributed by atoms with E-state index in [2.05, 4.69) is 5.32 Å². The van der Waals surface area contributed by atoms with Crippen molar-refractivity contribution in [2.45, 2.75) is 36.7 Å². The molecule has 3 rings (SSSR count). The Morgan fingerprint density at radius 3 is 2.30 bits per heavy atom. The molecule has 10 heteroatoms. The zero-order valence-corrected chi connectivity index (χ0v) is 17.0. The Labute approximate surface area is 172 Å². The van der Waals surface area contributed by atoms with Crippen LogP contribution in [-0.2, 0) is 10.0 Å². The number of nitrogens with one attached hydrogen (secondary N) is 1. The van der Waals surface area contributed by atoms with Crippen LogP contribution in [0.1, 0.15) is 36.5 Å². The lowest BCUT2D eigenvalue weighted by atomic mass is 9.90. The van der Waals surface area contributed by atoms with Crippen molar-refractivity contribution >= 4 is 21.6 Å². The fraction of sp³-hybridized carbons (Fsp3) is 0.350. The number of rotatable bonds is 5. The third kappa shape index (κ3) is 4.50. The lowest BCUT2D eigenvalue weighted by Gasteiger charge is -2.36. The summed E-state index contributed by atoms with van der Waals surface area (Å²) in [7, 11) is -3.90. The number of piperidine rings is 1. The molecular formula is C20H21F3N2O4S. The van der Waals surface area contributed by atoms with Crippen LogP contribution in [0.25, 0.3) is 0 Å². The number of halogens is 3. The summed E-state index contributed by atoms with van der Waals surface area (Å²) in [6, 6.07) is 6.46. The third-order valence-electron chi connectivity index (χ3n) is 5.29. The molecule has 1 aliphatic heterocycles. The van der Waals surface area contributed by atoms with Crippen LogP contribution in [0.4, 0.5) is 18.9 Å². The maximum Gasteiger partial charge on any atom is 0.255 e. The highest BCUT2D eigenvalue weighted by molar-refractivity contribution is 7.89. The number of amides is 1. The summed E-state index contributed by atoms with van der Waals surface area (Å²) in [6.07, 6.45) is 1.15. The van der Waals surface area contributed by atoms with E-state index in [0.29, 0.717) is 31.4 Å². The van der Waals surface area contributed by atoms with Crippen LogP contribution >= 0.6 is 0 Å². The Bertz CT molecular complexity index is 1040. The van der Waals surface area contributed by atoms with Gasteiger partial charge in [0.25, 0.3) is 5.91 Å². The van der Waals surface area contributed by atoms with Gasteiger partial charge in [0.1, 0.15) is 0 Å². The molecule has 0 radical (unpaired) electrons. The monoisotopic (exact) mass is 442 g/mol. The van der Waals surface area contributed by atoms with Gasteiger partial charge in [0.05, 0.1) is 10.5 Å². The van der Waals surface area contributed by atoms with Crippen LogP contribution in [0.15, 0.2) is 41.3 Å². The zero-order valence-electron chi connectivity index (χ0n) is 16.2. The Hall–Kier alpha value is -2.43. The van der Waals surface area contributed by atoms with Crippen molar-refractivity contribution in [2.75, 3.05) is 18.4 Å². The highest BCUT2D eigenvalue weighted by Gasteiger charge is 2.36. The Balaban J connectivity index is 1.79. The summed E-state index contributed by atoms with van der Waals surface area (Å²) in [5.74, 6) is -5.38. The van der Waals surface area contributed by atoms with Crippen LogP contribution in [0.3, 0.4) is 0 Å². The number of carbonyl (C=O) groups is 1. The van der Waals surface area contributed by atoms with Crippen LogP contribution in [0.2, 0.25) is 0 Å². The highest BCUT2D eigenvalue weighted by atomic mass is 32.2. The van der Waals surface area contributed by atoms with Crippen molar-refractivity contribution in [3.8, 4) is 0 Å². The topological polar surface area (TPSA) is 86.7 Å². The average Bonchev–Trinajstić information content (AvgIpc) is 2.72. The van der Waals surface area contributed by atoms with Gasteiger partial charge in [-0.15, -0.1) is 0 Å². The van der Waals surface area contributed by atoms with Crippen LogP contribution in [0.5, 0.6) is 0 Å². The van der Waals surface area contributed by atoms with Gasteiger partial charge in [0.15, 0.2) is 17.5 Å². The molecule has 1 fully saturated rings. The van der Waals surface area contributed by atoms with Gasteiger partial charge in [-0.3, -0.25) is 4.79 Å². The molecule has 1 aliphatic rings. The number of nitrogens with zero attached hydrogens (tertiary/aromatic N) is 1. The summed E-state index contributed by atoms with van der Waals surface area (Å²) in [5.41, 5.74) is -1.24. The molecule has 6 nitrogen and oxygen atoms in total. The minimum atomic E-state index is -3.90. The second kappa shape index (κ2) is 8.37. The number of benzene rings is 2. The minimum absolute atomic E-state index is 0.0525. The van der Waals surface area contributed by atoms with E-state index >= 15 is 0 Å².